The number of aromatic nitrogens is 2. The third-order valence-electron chi connectivity index (χ3n) is 3.98. The Balaban J connectivity index is 1.99. The average Bonchev–Trinajstić information content (AvgIpc) is 2.93. The zero-order valence-corrected chi connectivity index (χ0v) is 15.6. The summed E-state index contributed by atoms with van der Waals surface area (Å²) in [7, 11) is -3.81. The number of nitrogens with one attached hydrogen (secondary N) is 1. The summed E-state index contributed by atoms with van der Waals surface area (Å²) in [5.41, 5.74) is 0.664. The Kier molecular flexibility index (Phi) is 5.01. The van der Waals surface area contributed by atoms with E-state index in [0.29, 0.717) is 22.9 Å². The summed E-state index contributed by atoms with van der Waals surface area (Å²) >= 11 is 5.78. The van der Waals surface area contributed by atoms with Crippen LogP contribution in [0.4, 0.5) is 8.78 Å². The summed E-state index contributed by atoms with van der Waals surface area (Å²) in [5, 5.41) is 0.425. The molecule has 1 heterocycles. The van der Waals surface area contributed by atoms with E-state index in [9.17, 15) is 17.2 Å². The van der Waals surface area contributed by atoms with Gasteiger partial charge in [-0.25, -0.2) is 26.9 Å². The van der Waals surface area contributed by atoms with Gasteiger partial charge >= 0.3 is 0 Å². The molecule has 3 rings (SSSR count). The molecule has 0 saturated heterocycles. The Bertz CT molecular complexity index is 1070. The quantitative estimate of drug-likeness (QED) is 0.704. The van der Waals surface area contributed by atoms with Crippen LogP contribution in [-0.2, 0) is 16.6 Å². The van der Waals surface area contributed by atoms with E-state index in [0.717, 1.165) is 12.1 Å². The number of aryl methyl sites for hydroxylation is 1. The first-order valence-corrected chi connectivity index (χ1v) is 9.72. The summed E-state index contributed by atoms with van der Waals surface area (Å²) in [6, 6.07) is 7.09. The van der Waals surface area contributed by atoms with Crippen LogP contribution in [0.3, 0.4) is 0 Å². The summed E-state index contributed by atoms with van der Waals surface area (Å²) < 4.78 is 56.3. The van der Waals surface area contributed by atoms with E-state index in [1.165, 1.54) is 24.3 Å². The summed E-state index contributed by atoms with van der Waals surface area (Å²) in [4.78, 5) is 4.35. The molecule has 0 aliphatic carbocycles. The van der Waals surface area contributed by atoms with Crippen LogP contribution in [0, 0.1) is 11.6 Å². The Labute approximate surface area is 154 Å². The minimum Gasteiger partial charge on any atom is -0.327 e. The normalized spacial score (nSPS) is 13.3. The molecule has 26 heavy (non-hydrogen) atoms. The van der Waals surface area contributed by atoms with Crippen molar-refractivity contribution < 1.29 is 17.2 Å². The van der Waals surface area contributed by atoms with Crippen LogP contribution in [0.2, 0.25) is 5.02 Å². The van der Waals surface area contributed by atoms with Crippen molar-refractivity contribution in [3.63, 3.8) is 0 Å². The first kappa shape index (κ1) is 18.8. The predicted octanol–water partition coefficient (Wildman–Crippen LogP) is 4.03. The number of hydrogen-bond donors (Lipinski definition) is 1. The van der Waals surface area contributed by atoms with Crippen molar-refractivity contribution in [2.24, 2.45) is 0 Å². The molecule has 1 atom stereocenters. The van der Waals surface area contributed by atoms with Crippen LogP contribution in [-0.4, -0.2) is 18.0 Å². The fourth-order valence-corrected chi connectivity index (χ4v) is 4.10. The van der Waals surface area contributed by atoms with Crippen molar-refractivity contribution in [3.8, 4) is 0 Å². The van der Waals surface area contributed by atoms with Gasteiger partial charge in [-0.15, -0.1) is 0 Å². The van der Waals surface area contributed by atoms with Gasteiger partial charge in [-0.05, 0) is 38.1 Å². The van der Waals surface area contributed by atoms with Crippen LogP contribution in [0.25, 0.3) is 11.0 Å². The van der Waals surface area contributed by atoms with E-state index in [4.69, 9.17) is 11.6 Å². The molecule has 0 fully saturated rings. The molecular formula is C17H16ClF2N3O2S. The molecule has 0 aliphatic rings. The molecule has 138 valence electrons. The van der Waals surface area contributed by atoms with Crippen molar-refractivity contribution in [3.05, 3.63) is 58.9 Å². The lowest BCUT2D eigenvalue weighted by Gasteiger charge is -2.15. The monoisotopic (exact) mass is 399 g/mol. The van der Waals surface area contributed by atoms with E-state index in [-0.39, 0.29) is 10.4 Å². The maximum atomic E-state index is 13.6. The van der Waals surface area contributed by atoms with Gasteiger partial charge in [0.2, 0.25) is 10.0 Å². The van der Waals surface area contributed by atoms with E-state index in [1.807, 2.05) is 6.92 Å². The fraction of sp³-hybridized carbons (Fsp3) is 0.235. The van der Waals surface area contributed by atoms with E-state index in [1.54, 1.807) is 11.5 Å². The number of hydrogen-bond acceptors (Lipinski definition) is 3. The maximum absolute atomic E-state index is 13.6. The third-order valence-corrected chi connectivity index (χ3v) is 5.79. The summed E-state index contributed by atoms with van der Waals surface area (Å²) in [6.07, 6.45) is 0. The zero-order chi connectivity index (χ0) is 19.1. The lowest BCUT2D eigenvalue weighted by molar-refractivity contribution is 0.510. The number of fused-ring (bicyclic) bond motifs is 1. The largest absolute Gasteiger partial charge is 0.327 e. The van der Waals surface area contributed by atoms with E-state index in [2.05, 4.69) is 9.71 Å². The second-order valence-corrected chi connectivity index (χ2v) is 7.92. The number of nitrogens with zero attached hydrogens (tertiary/aromatic N) is 2. The fourth-order valence-electron chi connectivity index (χ4n) is 2.77. The van der Waals surface area contributed by atoms with Crippen LogP contribution >= 0.6 is 11.6 Å². The standard InChI is InChI=1S/C17H16ClF2N3O2S/c1-3-23-16-9-14(20)13(19)8-15(16)21-17(23)10(2)22-26(24,25)12-6-4-11(18)5-7-12/h4-10,22H,3H2,1-2H3/t10-/m1/s1. The number of sulfonamides is 1. The van der Waals surface area contributed by atoms with Crippen molar-refractivity contribution in [1.82, 2.24) is 14.3 Å². The van der Waals surface area contributed by atoms with Crippen LogP contribution in [0.5, 0.6) is 0 Å². The van der Waals surface area contributed by atoms with Gasteiger partial charge in [0.05, 0.1) is 22.0 Å². The SMILES string of the molecule is CCn1c([C@@H](C)NS(=O)(=O)c2ccc(Cl)cc2)nc2cc(F)c(F)cc21. The Morgan fingerprint density at radius 2 is 1.81 bits per heavy atom. The van der Waals surface area contributed by atoms with Crippen molar-refractivity contribution in [2.75, 3.05) is 0 Å². The third kappa shape index (κ3) is 3.44. The first-order valence-electron chi connectivity index (χ1n) is 7.86. The van der Waals surface area contributed by atoms with Gasteiger partial charge in [-0.2, -0.15) is 0 Å². The van der Waals surface area contributed by atoms with E-state index >= 15 is 0 Å². The lowest BCUT2D eigenvalue weighted by Crippen LogP contribution is -2.28. The molecule has 0 amide bonds. The van der Waals surface area contributed by atoms with Crippen molar-refractivity contribution in [1.29, 1.82) is 0 Å². The molecule has 0 radical (unpaired) electrons. The molecule has 3 aromatic rings. The highest BCUT2D eigenvalue weighted by Crippen LogP contribution is 2.25. The minimum absolute atomic E-state index is 0.0602. The minimum atomic E-state index is -3.81. The summed E-state index contributed by atoms with van der Waals surface area (Å²) in [6.45, 7) is 3.85. The predicted molar refractivity (Wildman–Crippen MR) is 95.5 cm³/mol. The van der Waals surface area contributed by atoms with Gasteiger partial charge < -0.3 is 4.57 Å². The Hall–Kier alpha value is -2.03. The van der Waals surface area contributed by atoms with Crippen LogP contribution in [0.15, 0.2) is 41.3 Å². The van der Waals surface area contributed by atoms with Crippen molar-refractivity contribution in [2.45, 2.75) is 31.3 Å². The number of rotatable bonds is 5. The second kappa shape index (κ2) is 6.94. The molecule has 2 aromatic carbocycles. The van der Waals surface area contributed by atoms with Gasteiger partial charge in [-0.3, -0.25) is 0 Å². The highest BCUT2D eigenvalue weighted by Gasteiger charge is 2.23. The smallest absolute Gasteiger partial charge is 0.241 e. The first-order chi connectivity index (χ1) is 12.2. The molecular weight excluding hydrogens is 384 g/mol. The molecule has 0 unspecified atom stereocenters. The van der Waals surface area contributed by atoms with Gasteiger partial charge in [0.25, 0.3) is 0 Å². The van der Waals surface area contributed by atoms with E-state index < -0.39 is 27.7 Å². The van der Waals surface area contributed by atoms with Gasteiger partial charge in [-0.1, -0.05) is 11.6 Å². The lowest BCUT2D eigenvalue weighted by atomic mass is 10.3. The summed E-state index contributed by atoms with van der Waals surface area (Å²) in [5.74, 6) is -1.61. The van der Waals surface area contributed by atoms with Crippen LogP contribution in [0.1, 0.15) is 25.7 Å². The average molecular weight is 400 g/mol. The molecule has 1 N–H and O–H groups in total. The molecule has 0 aliphatic heterocycles. The molecule has 9 heteroatoms. The molecule has 5 nitrogen and oxygen atoms in total. The number of benzene rings is 2. The molecule has 0 saturated carbocycles. The molecule has 0 spiro atoms. The number of halogens is 3. The highest BCUT2D eigenvalue weighted by molar-refractivity contribution is 7.89. The van der Waals surface area contributed by atoms with Gasteiger partial charge in [0, 0.05) is 23.7 Å². The Morgan fingerprint density at radius 1 is 1.19 bits per heavy atom. The Morgan fingerprint density at radius 3 is 2.42 bits per heavy atom. The zero-order valence-electron chi connectivity index (χ0n) is 14.0. The maximum Gasteiger partial charge on any atom is 0.241 e. The van der Waals surface area contributed by atoms with Gasteiger partial charge in [0.15, 0.2) is 11.6 Å². The number of imidazole rings is 1. The highest BCUT2D eigenvalue weighted by atomic mass is 35.5. The molecule has 1 aromatic heterocycles. The molecule has 0 bridgehead atoms. The van der Waals surface area contributed by atoms with Crippen molar-refractivity contribution >= 4 is 32.7 Å². The van der Waals surface area contributed by atoms with Gasteiger partial charge in [0.1, 0.15) is 5.82 Å². The second-order valence-electron chi connectivity index (χ2n) is 5.77. The topological polar surface area (TPSA) is 64.0 Å². The van der Waals surface area contributed by atoms with Crippen LogP contribution < -0.4 is 4.72 Å².